The van der Waals surface area contributed by atoms with Crippen LogP contribution >= 0.6 is 11.3 Å². The zero-order valence-electron chi connectivity index (χ0n) is 8.35. The predicted molar refractivity (Wildman–Crippen MR) is 56.7 cm³/mol. The Morgan fingerprint density at radius 1 is 1.47 bits per heavy atom. The molecular formula is C10H10O4S. The summed E-state index contributed by atoms with van der Waals surface area (Å²) in [5, 5.41) is 1.73. The standard InChI is InChI=1S/C10H10O4S/c1-13-6-8(10(12)14-2)7-3-4-15-9(7)5-11/h3-6H,1-2H3. The van der Waals surface area contributed by atoms with Crippen LogP contribution in [0.4, 0.5) is 0 Å². The number of esters is 1. The first-order valence-corrected chi connectivity index (χ1v) is 4.96. The fourth-order valence-corrected chi connectivity index (χ4v) is 1.80. The lowest BCUT2D eigenvalue weighted by molar-refractivity contribution is -0.133. The van der Waals surface area contributed by atoms with Crippen LogP contribution in [0.2, 0.25) is 0 Å². The van der Waals surface area contributed by atoms with Crippen molar-refractivity contribution in [3.8, 4) is 0 Å². The van der Waals surface area contributed by atoms with Crippen molar-refractivity contribution in [1.82, 2.24) is 0 Å². The smallest absolute Gasteiger partial charge is 0.341 e. The van der Waals surface area contributed by atoms with Crippen molar-refractivity contribution in [1.29, 1.82) is 0 Å². The largest absolute Gasteiger partial charge is 0.503 e. The molecule has 0 fully saturated rings. The van der Waals surface area contributed by atoms with Gasteiger partial charge < -0.3 is 9.47 Å². The third kappa shape index (κ3) is 2.44. The number of thiophene rings is 1. The Hall–Kier alpha value is -1.62. The van der Waals surface area contributed by atoms with Crippen molar-refractivity contribution in [3.05, 3.63) is 28.1 Å². The number of hydrogen-bond acceptors (Lipinski definition) is 5. The van der Waals surface area contributed by atoms with E-state index in [1.165, 1.54) is 31.8 Å². The molecule has 0 aliphatic carbocycles. The van der Waals surface area contributed by atoms with Gasteiger partial charge in [-0.1, -0.05) is 0 Å². The Kier molecular flexibility index (Phi) is 4.05. The van der Waals surface area contributed by atoms with E-state index in [0.29, 0.717) is 16.7 Å². The molecule has 1 heterocycles. The van der Waals surface area contributed by atoms with E-state index in [2.05, 4.69) is 4.74 Å². The molecular weight excluding hydrogens is 216 g/mol. The van der Waals surface area contributed by atoms with E-state index in [4.69, 9.17) is 4.74 Å². The van der Waals surface area contributed by atoms with Crippen LogP contribution in [0.25, 0.3) is 5.57 Å². The Balaban J connectivity index is 3.15. The van der Waals surface area contributed by atoms with E-state index < -0.39 is 5.97 Å². The van der Waals surface area contributed by atoms with Gasteiger partial charge in [0.1, 0.15) is 5.57 Å². The van der Waals surface area contributed by atoms with Crippen LogP contribution in [0, 0.1) is 0 Å². The lowest BCUT2D eigenvalue weighted by atomic mass is 10.1. The van der Waals surface area contributed by atoms with Crippen LogP contribution in [-0.2, 0) is 14.3 Å². The molecule has 0 aliphatic heterocycles. The lowest BCUT2D eigenvalue weighted by Gasteiger charge is -2.03. The minimum absolute atomic E-state index is 0.239. The van der Waals surface area contributed by atoms with Gasteiger partial charge in [0.05, 0.1) is 25.4 Å². The van der Waals surface area contributed by atoms with E-state index in [1.807, 2.05) is 0 Å². The van der Waals surface area contributed by atoms with Crippen molar-refractivity contribution in [2.24, 2.45) is 0 Å². The van der Waals surface area contributed by atoms with Gasteiger partial charge in [-0.05, 0) is 11.4 Å². The predicted octanol–water partition coefficient (Wildman–Crippen LogP) is 1.72. The second kappa shape index (κ2) is 5.31. The van der Waals surface area contributed by atoms with Gasteiger partial charge in [-0.2, -0.15) is 0 Å². The molecule has 0 saturated heterocycles. The fraction of sp³-hybridized carbons (Fsp3) is 0.200. The topological polar surface area (TPSA) is 52.6 Å². The van der Waals surface area contributed by atoms with Gasteiger partial charge in [-0.25, -0.2) is 4.79 Å². The highest BCUT2D eigenvalue weighted by Crippen LogP contribution is 2.24. The molecule has 0 aromatic carbocycles. The van der Waals surface area contributed by atoms with Crippen molar-refractivity contribution in [2.45, 2.75) is 0 Å². The van der Waals surface area contributed by atoms with Crippen LogP contribution in [0.1, 0.15) is 15.2 Å². The first kappa shape index (κ1) is 11.5. The number of ether oxygens (including phenoxy) is 2. The highest BCUT2D eigenvalue weighted by molar-refractivity contribution is 7.12. The maximum atomic E-state index is 11.4. The molecule has 0 amide bonds. The number of carbonyl (C=O) groups excluding carboxylic acids is 2. The third-order valence-electron chi connectivity index (χ3n) is 1.73. The SMILES string of the molecule is COC=C(C(=O)OC)c1ccsc1C=O. The second-order valence-electron chi connectivity index (χ2n) is 2.58. The lowest BCUT2D eigenvalue weighted by Crippen LogP contribution is -2.05. The third-order valence-corrected chi connectivity index (χ3v) is 2.58. The average Bonchev–Trinajstić information content (AvgIpc) is 2.72. The summed E-state index contributed by atoms with van der Waals surface area (Å²) < 4.78 is 9.37. The number of methoxy groups -OCH3 is 2. The van der Waals surface area contributed by atoms with E-state index in [-0.39, 0.29) is 5.57 Å². The van der Waals surface area contributed by atoms with E-state index >= 15 is 0 Å². The van der Waals surface area contributed by atoms with Gasteiger partial charge in [-0.15, -0.1) is 11.3 Å². The number of hydrogen-bond donors (Lipinski definition) is 0. The Morgan fingerprint density at radius 2 is 2.20 bits per heavy atom. The molecule has 0 aliphatic rings. The molecule has 1 rings (SSSR count). The minimum atomic E-state index is -0.529. The van der Waals surface area contributed by atoms with Gasteiger partial charge in [0.2, 0.25) is 0 Å². The number of carbonyl (C=O) groups is 2. The summed E-state index contributed by atoms with van der Waals surface area (Å²) in [5.74, 6) is -0.529. The summed E-state index contributed by atoms with van der Waals surface area (Å²) in [6.07, 6.45) is 1.97. The number of rotatable bonds is 4. The molecule has 1 aromatic rings. The molecule has 0 N–H and O–H groups in total. The summed E-state index contributed by atoms with van der Waals surface area (Å²) in [7, 11) is 2.70. The van der Waals surface area contributed by atoms with Crippen LogP contribution < -0.4 is 0 Å². The van der Waals surface area contributed by atoms with Crippen LogP contribution in [-0.4, -0.2) is 26.5 Å². The van der Waals surface area contributed by atoms with Crippen molar-refractivity contribution < 1.29 is 19.1 Å². The first-order valence-electron chi connectivity index (χ1n) is 4.09. The zero-order valence-corrected chi connectivity index (χ0v) is 9.17. The summed E-state index contributed by atoms with van der Waals surface area (Å²) in [4.78, 5) is 22.6. The molecule has 0 radical (unpaired) electrons. The Morgan fingerprint density at radius 3 is 2.73 bits per heavy atom. The average molecular weight is 226 g/mol. The van der Waals surface area contributed by atoms with Crippen LogP contribution in [0.15, 0.2) is 17.7 Å². The Labute approximate surface area is 91.1 Å². The summed E-state index contributed by atoms with van der Waals surface area (Å²) in [6.45, 7) is 0. The highest BCUT2D eigenvalue weighted by Gasteiger charge is 2.17. The minimum Gasteiger partial charge on any atom is -0.503 e. The quantitative estimate of drug-likeness (QED) is 0.339. The van der Waals surface area contributed by atoms with Crippen LogP contribution in [0.3, 0.4) is 0 Å². The van der Waals surface area contributed by atoms with E-state index in [1.54, 1.807) is 11.4 Å². The van der Waals surface area contributed by atoms with Gasteiger partial charge in [0.15, 0.2) is 6.29 Å². The van der Waals surface area contributed by atoms with Crippen molar-refractivity contribution >= 4 is 29.2 Å². The van der Waals surface area contributed by atoms with Crippen LogP contribution in [0.5, 0.6) is 0 Å². The van der Waals surface area contributed by atoms with Crippen molar-refractivity contribution in [3.63, 3.8) is 0 Å². The van der Waals surface area contributed by atoms with E-state index in [0.717, 1.165) is 0 Å². The molecule has 0 atom stereocenters. The Bertz CT molecular complexity index is 392. The van der Waals surface area contributed by atoms with E-state index in [9.17, 15) is 9.59 Å². The molecule has 1 aromatic heterocycles. The molecule has 15 heavy (non-hydrogen) atoms. The monoisotopic (exact) mass is 226 g/mol. The van der Waals surface area contributed by atoms with Gasteiger partial charge >= 0.3 is 5.97 Å². The van der Waals surface area contributed by atoms with Crippen molar-refractivity contribution in [2.75, 3.05) is 14.2 Å². The normalized spacial score (nSPS) is 10.9. The summed E-state index contributed by atoms with van der Waals surface area (Å²) in [5.41, 5.74) is 0.770. The maximum Gasteiger partial charge on any atom is 0.341 e. The molecule has 4 nitrogen and oxygen atoms in total. The molecule has 5 heteroatoms. The van der Waals surface area contributed by atoms with Gasteiger partial charge in [0.25, 0.3) is 0 Å². The summed E-state index contributed by atoms with van der Waals surface area (Å²) in [6, 6.07) is 1.68. The number of aldehydes is 1. The molecule has 0 bridgehead atoms. The summed E-state index contributed by atoms with van der Waals surface area (Å²) >= 11 is 1.26. The first-order chi connectivity index (χ1) is 7.24. The molecule has 0 unspecified atom stereocenters. The zero-order chi connectivity index (χ0) is 11.3. The molecule has 0 spiro atoms. The maximum absolute atomic E-state index is 11.4. The van der Waals surface area contributed by atoms with Gasteiger partial charge in [-0.3, -0.25) is 4.79 Å². The van der Waals surface area contributed by atoms with Gasteiger partial charge in [0, 0.05) is 5.56 Å². The highest BCUT2D eigenvalue weighted by atomic mass is 32.1. The fourth-order valence-electron chi connectivity index (χ4n) is 1.08. The second-order valence-corrected chi connectivity index (χ2v) is 3.52. The molecule has 80 valence electrons. The molecule has 0 saturated carbocycles.